The molecule has 0 radical (unpaired) electrons. The third kappa shape index (κ3) is 3.96. The molecule has 0 spiro atoms. The van der Waals surface area contributed by atoms with E-state index in [1.54, 1.807) is 11.0 Å². The van der Waals surface area contributed by atoms with Gasteiger partial charge in [-0.2, -0.15) is 0 Å². The molecule has 1 unspecified atom stereocenters. The highest BCUT2D eigenvalue weighted by atomic mass is 16.5. The van der Waals surface area contributed by atoms with Gasteiger partial charge in [-0.15, -0.1) is 0 Å². The zero-order valence-corrected chi connectivity index (χ0v) is 14.8. The highest BCUT2D eigenvalue weighted by molar-refractivity contribution is 6.01. The Morgan fingerprint density at radius 2 is 1.85 bits per heavy atom. The van der Waals surface area contributed by atoms with E-state index in [0.717, 1.165) is 16.9 Å². The molecule has 136 valence electrons. The van der Waals surface area contributed by atoms with Crippen LogP contribution >= 0.6 is 0 Å². The van der Waals surface area contributed by atoms with Crippen molar-refractivity contribution in [1.29, 1.82) is 0 Å². The van der Waals surface area contributed by atoms with Crippen molar-refractivity contribution < 1.29 is 24.2 Å². The number of carbonyl (C=O) groups is 2. The molecule has 6 heteroatoms. The maximum atomic E-state index is 12.7. The van der Waals surface area contributed by atoms with Crippen LogP contribution in [0.5, 0.6) is 11.5 Å². The van der Waals surface area contributed by atoms with Gasteiger partial charge in [-0.25, -0.2) is 0 Å². The summed E-state index contributed by atoms with van der Waals surface area (Å²) in [5.41, 5.74) is 2.77. The van der Waals surface area contributed by atoms with E-state index >= 15 is 0 Å². The van der Waals surface area contributed by atoms with Gasteiger partial charge in [-0.3, -0.25) is 9.59 Å². The van der Waals surface area contributed by atoms with Crippen LogP contribution in [0.15, 0.2) is 42.5 Å². The first-order chi connectivity index (χ1) is 12.4. The predicted molar refractivity (Wildman–Crippen MR) is 96.9 cm³/mol. The molecule has 0 saturated heterocycles. The maximum absolute atomic E-state index is 12.7. The van der Waals surface area contributed by atoms with Crippen LogP contribution in [0.25, 0.3) is 0 Å². The lowest BCUT2D eigenvalue weighted by atomic mass is 10.1. The number of ether oxygens (including phenoxy) is 2. The van der Waals surface area contributed by atoms with Gasteiger partial charge >= 0.3 is 5.97 Å². The number of rotatable bonds is 6. The summed E-state index contributed by atoms with van der Waals surface area (Å²) in [6, 6.07) is 13.2. The molecule has 1 aliphatic rings. The molecule has 1 heterocycles. The Morgan fingerprint density at radius 1 is 1.15 bits per heavy atom. The number of amides is 1. The minimum atomic E-state index is -1.07. The van der Waals surface area contributed by atoms with Crippen LogP contribution in [-0.4, -0.2) is 36.2 Å². The standard InChI is InChI=1S/C20H21NO5/c1-13-3-6-15(7-4-13)25-10-9-21-16-11-14(2)5-8-17(16)26-18(20(21)24)12-19(22)23/h3-8,11,18H,9-10,12H2,1-2H3,(H,22,23). The van der Waals surface area contributed by atoms with Gasteiger partial charge in [0.05, 0.1) is 18.7 Å². The first kappa shape index (κ1) is 17.8. The number of fused-ring (bicyclic) bond motifs is 1. The number of carbonyl (C=O) groups excluding carboxylic acids is 1. The summed E-state index contributed by atoms with van der Waals surface area (Å²) in [5.74, 6) is -0.201. The smallest absolute Gasteiger partial charge is 0.307 e. The summed E-state index contributed by atoms with van der Waals surface area (Å²) in [7, 11) is 0. The van der Waals surface area contributed by atoms with Crippen molar-refractivity contribution >= 4 is 17.6 Å². The number of aryl methyl sites for hydroxylation is 2. The van der Waals surface area contributed by atoms with Gasteiger partial charge in [-0.1, -0.05) is 23.8 Å². The van der Waals surface area contributed by atoms with Gasteiger partial charge in [-0.05, 0) is 43.7 Å². The van der Waals surface area contributed by atoms with Crippen molar-refractivity contribution in [2.75, 3.05) is 18.1 Å². The topological polar surface area (TPSA) is 76.1 Å². The minimum absolute atomic E-state index is 0.294. The van der Waals surface area contributed by atoms with Gasteiger partial charge in [0.1, 0.15) is 18.1 Å². The highest BCUT2D eigenvalue weighted by Gasteiger charge is 2.35. The van der Waals surface area contributed by atoms with Crippen LogP contribution in [0, 0.1) is 13.8 Å². The number of carboxylic acid groups (broad SMARTS) is 1. The fraction of sp³-hybridized carbons (Fsp3) is 0.300. The van der Waals surface area contributed by atoms with Crippen molar-refractivity contribution in [3.8, 4) is 11.5 Å². The van der Waals surface area contributed by atoms with E-state index in [9.17, 15) is 9.59 Å². The molecule has 6 nitrogen and oxygen atoms in total. The van der Waals surface area contributed by atoms with Gasteiger partial charge in [0.2, 0.25) is 0 Å². The Balaban J connectivity index is 1.76. The summed E-state index contributed by atoms with van der Waals surface area (Å²) in [6.45, 7) is 4.53. The van der Waals surface area contributed by atoms with E-state index in [1.807, 2.05) is 50.2 Å². The Bertz CT molecular complexity index is 815. The van der Waals surface area contributed by atoms with E-state index in [2.05, 4.69) is 0 Å². The number of nitrogens with zero attached hydrogens (tertiary/aromatic N) is 1. The summed E-state index contributed by atoms with van der Waals surface area (Å²) in [4.78, 5) is 25.3. The lowest BCUT2D eigenvalue weighted by Gasteiger charge is -2.34. The summed E-state index contributed by atoms with van der Waals surface area (Å²) in [5, 5.41) is 9.03. The van der Waals surface area contributed by atoms with Crippen molar-refractivity contribution in [2.24, 2.45) is 0 Å². The third-order valence-electron chi connectivity index (χ3n) is 4.18. The number of hydrogen-bond donors (Lipinski definition) is 1. The van der Waals surface area contributed by atoms with E-state index < -0.39 is 12.1 Å². The maximum Gasteiger partial charge on any atom is 0.307 e. The Morgan fingerprint density at radius 3 is 2.54 bits per heavy atom. The van der Waals surface area contributed by atoms with E-state index in [-0.39, 0.29) is 12.3 Å². The summed E-state index contributed by atoms with van der Waals surface area (Å²) >= 11 is 0. The molecule has 0 aromatic heterocycles. The summed E-state index contributed by atoms with van der Waals surface area (Å²) < 4.78 is 11.3. The molecular weight excluding hydrogens is 334 g/mol. The van der Waals surface area contributed by atoms with Crippen LogP contribution in [0.2, 0.25) is 0 Å². The lowest BCUT2D eigenvalue weighted by molar-refractivity contribution is -0.142. The van der Waals surface area contributed by atoms with Crippen LogP contribution in [-0.2, 0) is 9.59 Å². The van der Waals surface area contributed by atoms with Crippen LogP contribution in [0.1, 0.15) is 17.5 Å². The molecule has 1 atom stereocenters. The zero-order chi connectivity index (χ0) is 18.7. The average molecular weight is 355 g/mol. The number of carboxylic acids is 1. The fourth-order valence-electron chi connectivity index (χ4n) is 2.84. The van der Waals surface area contributed by atoms with Crippen LogP contribution in [0.3, 0.4) is 0 Å². The quantitative estimate of drug-likeness (QED) is 0.862. The van der Waals surface area contributed by atoms with E-state index in [4.69, 9.17) is 14.6 Å². The van der Waals surface area contributed by atoms with Crippen molar-refractivity contribution in [3.63, 3.8) is 0 Å². The normalized spacial score (nSPS) is 16.0. The second-order valence-electron chi connectivity index (χ2n) is 6.33. The van der Waals surface area contributed by atoms with Crippen molar-refractivity contribution in [1.82, 2.24) is 0 Å². The largest absolute Gasteiger partial charge is 0.492 e. The lowest BCUT2D eigenvalue weighted by Crippen LogP contribution is -2.48. The van der Waals surface area contributed by atoms with Crippen LogP contribution in [0.4, 0.5) is 5.69 Å². The summed E-state index contributed by atoms with van der Waals surface area (Å²) in [6.07, 6.45) is -1.40. The Labute approximate surface area is 152 Å². The van der Waals surface area contributed by atoms with Crippen molar-refractivity contribution in [3.05, 3.63) is 53.6 Å². The monoisotopic (exact) mass is 355 g/mol. The molecule has 1 aliphatic heterocycles. The molecule has 0 bridgehead atoms. The van der Waals surface area contributed by atoms with Gasteiger partial charge in [0.15, 0.2) is 6.10 Å². The molecular formula is C20H21NO5. The Kier molecular flexibility index (Phi) is 5.11. The SMILES string of the molecule is Cc1ccc(OCCN2C(=O)C(CC(=O)O)Oc3ccc(C)cc32)cc1. The van der Waals surface area contributed by atoms with Gasteiger partial charge in [0, 0.05) is 0 Å². The molecule has 0 aliphatic carbocycles. The minimum Gasteiger partial charge on any atom is -0.492 e. The molecule has 3 rings (SSSR count). The molecule has 1 amide bonds. The average Bonchev–Trinajstić information content (AvgIpc) is 2.59. The van der Waals surface area contributed by atoms with Crippen molar-refractivity contribution in [2.45, 2.75) is 26.4 Å². The predicted octanol–water partition coefficient (Wildman–Crippen LogP) is 2.95. The zero-order valence-electron chi connectivity index (χ0n) is 14.8. The van der Waals surface area contributed by atoms with E-state index in [0.29, 0.717) is 24.6 Å². The van der Waals surface area contributed by atoms with Gasteiger partial charge in [0.25, 0.3) is 5.91 Å². The molecule has 26 heavy (non-hydrogen) atoms. The number of aliphatic carboxylic acids is 1. The van der Waals surface area contributed by atoms with E-state index in [1.165, 1.54) is 0 Å². The molecule has 2 aromatic rings. The first-order valence-corrected chi connectivity index (χ1v) is 8.44. The first-order valence-electron chi connectivity index (χ1n) is 8.44. The van der Waals surface area contributed by atoms with Crippen LogP contribution < -0.4 is 14.4 Å². The molecule has 0 saturated carbocycles. The second kappa shape index (κ2) is 7.47. The molecule has 0 fully saturated rings. The highest BCUT2D eigenvalue weighted by Crippen LogP contribution is 2.35. The molecule has 1 N–H and O–H groups in total. The second-order valence-corrected chi connectivity index (χ2v) is 6.33. The Hall–Kier alpha value is -3.02. The fourth-order valence-corrected chi connectivity index (χ4v) is 2.84. The number of benzene rings is 2. The third-order valence-corrected chi connectivity index (χ3v) is 4.18. The number of hydrogen-bond acceptors (Lipinski definition) is 4. The molecule has 2 aromatic carbocycles. The van der Waals surface area contributed by atoms with Gasteiger partial charge < -0.3 is 19.5 Å². The number of anilines is 1.